The number of aryl methyl sites for hydroxylation is 1. The van der Waals surface area contributed by atoms with Crippen molar-refractivity contribution in [3.05, 3.63) is 81.7 Å². The van der Waals surface area contributed by atoms with E-state index in [0.29, 0.717) is 27.2 Å². The van der Waals surface area contributed by atoms with Gasteiger partial charge < -0.3 is 4.74 Å². The van der Waals surface area contributed by atoms with Crippen LogP contribution in [0.3, 0.4) is 0 Å². The number of hydrogen-bond donors (Lipinski definition) is 0. The fraction of sp³-hybridized carbons (Fsp3) is 0.208. The van der Waals surface area contributed by atoms with E-state index in [-0.39, 0.29) is 17.8 Å². The van der Waals surface area contributed by atoms with Crippen LogP contribution >= 0.6 is 11.3 Å². The summed E-state index contributed by atoms with van der Waals surface area (Å²) in [7, 11) is 1.26. The second-order valence-electron chi connectivity index (χ2n) is 7.16. The van der Waals surface area contributed by atoms with Crippen molar-refractivity contribution in [3.63, 3.8) is 0 Å². The van der Waals surface area contributed by atoms with Crippen LogP contribution in [0.4, 0.5) is 0 Å². The van der Waals surface area contributed by atoms with Gasteiger partial charge in [0.25, 0.3) is 5.56 Å². The average Bonchev–Trinajstić information content (AvgIpc) is 3.27. The fourth-order valence-electron chi connectivity index (χ4n) is 3.55. The second kappa shape index (κ2) is 9.23. The van der Waals surface area contributed by atoms with Crippen LogP contribution in [0.25, 0.3) is 21.6 Å². The number of pyridine rings is 1. The normalized spacial score (nSPS) is 11.9. The minimum Gasteiger partial charge on any atom is -0.469 e. The number of fused-ring (bicyclic) bond motifs is 1. The lowest BCUT2D eigenvalue weighted by atomic mass is 10.0. The summed E-state index contributed by atoms with van der Waals surface area (Å²) in [6, 6.07) is 12.7. The van der Waals surface area contributed by atoms with Gasteiger partial charge in [0.05, 0.1) is 18.9 Å². The number of ketones is 1. The molecule has 0 bridgehead atoms. The van der Waals surface area contributed by atoms with Crippen molar-refractivity contribution in [3.8, 4) is 11.4 Å². The number of Topliss-reactive ketones (excluding diaryl/α,β-unsaturated/α-hetero) is 1. The van der Waals surface area contributed by atoms with Crippen LogP contribution in [0, 0.1) is 0 Å². The lowest BCUT2D eigenvalue weighted by Crippen LogP contribution is -2.33. The molecule has 3 heterocycles. The molecule has 0 saturated carbocycles. The molecule has 32 heavy (non-hydrogen) atoms. The van der Waals surface area contributed by atoms with Gasteiger partial charge in [-0.3, -0.25) is 23.9 Å². The molecule has 0 aliphatic carbocycles. The first-order valence-electron chi connectivity index (χ1n) is 10.1. The van der Waals surface area contributed by atoms with E-state index in [1.807, 2.05) is 13.0 Å². The number of carbonyl (C=O) groups excluding carboxylic acids is 2. The van der Waals surface area contributed by atoms with Gasteiger partial charge in [-0.2, -0.15) is 0 Å². The van der Waals surface area contributed by atoms with Crippen molar-refractivity contribution in [1.29, 1.82) is 0 Å². The van der Waals surface area contributed by atoms with Crippen LogP contribution < -0.4 is 5.56 Å². The van der Waals surface area contributed by atoms with Crippen LogP contribution in [0.5, 0.6) is 0 Å². The molecule has 1 unspecified atom stereocenters. The Hall–Kier alpha value is -3.65. The van der Waals surface area contributed by atoms with Crippen molar-refractivity contribution in [2.75, 3.05) is 7.11 Å². The molecule has 0 radical (unpaired) electrons. The summed E-state index contributed by atoms with van der Waals surface area (Å²) in [6.45, 7) is 2.01. The summed E-state index contributed by atoms with van der Waals surface area (Å²) < 4.78 is 6.18. The largest absolute Gasteiger partial charge is 0.469 e. The maximum atomic E-state index is 13.7. The zero-order valence-corrected chi connectivity index (χ0v) is 18.5. The zero-order valence-electron chi connectivity index (χ0n) is 17.6. The predicted molar refractivity (Wildman–Crippen MR) is 123 cm³/mol. The van der Waals surface area contributed by atoms with E-state index in [4.69, 9.17) is 9.72 Å². The number of ether oxygens (including phenoxy) is 1. The Bertz CT molecular complexity index is 1330. The molecule has 0 aliphatic rings. The Kier molecular flexibility index (Phi) is 6.23. The highest BCUT2D eigenvalue weighted by molar-refractivity contribution is 7.18. The molecule has 4 aromatic rings. The molecule has 8 heteroatoms. The summed E-state index contributed by atoms with van der Waals surface area (Å²) in [5, 5.41) is 0.431. The molecule has 0 aliphatic heterocycles. The lowest BCUT2D eigenvalue weighted by Gasteiger charge is -2.21. The number of aromatic nitrogens is 3. The van der Waals surface area contributed by atoms with Gasteiger partial charge in [-0.15, -0.1) is 11.3 Å². The third kappa shape index (κ3) is 4.09. The molecule has 4 rings (SSSR count). The highest BCUT2D eigenvalue weighted by Crippen LogP contribution is 2.29. The van der Waals surface area contributed by atoms with Crippen molar-refractivity contribution < 1.29 is 14.3 Å². The molecule has 1 atom stereocenters. The first kappa shape index (κ1) is 21.6. The molecular weight excluding hydrogens is 426 g/mol. The van der Waals surface area contributed by atoms with Gasteiger partial charge in [-0.1, -0.05) is 37.3 Å². The average molecular weight is 448 g/mol. The minimum atomic E-state index is -1.11. The molecule has 0 N–H and O–H groups in total. The third-order valence-corrected chi connectivity index (χ3v) is 6.37. The maximum Gasteiger partial charge on any atom is 0.308 e. The Morgan fingerprint density at radius 2 is 1.84 bits per heavy atom. The van der Waals surface area contributed by atoms with Crippen molar-refractivity contribution >= 4 is 33.3 Å². The number of esters is 1. The molecule has 3 aromatic heterocycles. The van der Waals surface area contributed by atoms with Gasteiger partial charge in [-0.05, 0) is 24.6 Å². The van der Waals surface area contributed by atoms with Gasteiger partial charge in [0.15, 0.2) is 5.78 Å². The summed E-state index contributed by atoms with van der Waals surface area (Å²) in [5.74, 6) is -0.639. The fourth-order valence-corrected chi connectivity index (χ4v) is 4.51. The lowest BCUT2D eigenvalue weighted by molar-refractivity contribution is -0.141. The zero-order chi connectivity index (χ0) is 22.7. The van der Waals surface area contributed by atoms with Crippen LogP contribution in [0.1, 0.15) is 34.6 Å². The summed E-state index contributed by atoms with van der Waals surface area (Å²) in [4.78, 5) is 49.9. The van der Waals surface area contributed by atoms with Gasteiger partial charge in [0.2, 0.25) is 0 Å². The van der Waals surface area contributed by atoms with Crippen LogP contribution in [0.2, 0.25) is 0 Å². The van der Waals surface area contributed by atoms with Crippen molar-refractivity contribution in [2.45, 2.75) is 25.8 Å². The van der Waals surface area contributed by atoms with Gasteiger partial charge in [-0.25, -0.2) is 4.98 Å². The van der Waals surface area contributed by atoms with Crippen LogP contribution in [-0.4, -0.2) is 33.4 Å². The van der Waals surface area contributed by atoms with E-state index in [1.165, 1.54) is 23.0 Å². The Labute approximate surface area is 188 Å². The molecule has 0 fully saturated rings. The molecule has 7 nitrogen and oxygen atoms in total. The Morgan fingerprint density at radius 3 is 2.50 bits per heavy atom. The molecule has 0 amide bonds. The SMILES string of the molecule is CCc1cc2c(=O)n(C(CC(=O)OC)C(=O)c3ccccc3)c(-c3ccncc3)nc2s1. The molecule has 162 valence electrons. The number of rotatable bonds is 7. The van der Waals surface area contributed by atoms with Gasteiger partial charge >= 0.3 is 5.97 Å². The number of hydrogen-bond acceptors (Lipinski definition) is 7. The highest BCUT2D eigenvalue weighted by Gasteiger charge is 2.30. The quantitative estimate of drug-likeness (QED) is 0.313. The Morgan fingerprint density at radius 1 is 1.12 bits per heavy atom. The van der Waals surface area contributed by atoms with E-state index >= 15 is 0 Å². The summed E-state index contributed by atoms with van der Waals surface area (Å²) >= 11 is 1.45. The van der Waals surface area contributed by atoms with E-state index in [1.54, 1.807) is 54.9 Å². The van der Waals surface area contributed by atoms with Crippen LogP contribution in [-0.2, 0) is 16.0 Å². The number of nitrogens with zero attached hydrogens (tertiary/aromatic N) is 3. The third-order valence-electron chi connectivity index (χ3n) is 5.20. The minimum absolute atomic E-state index is 0.291. The molecular formula is C24H21N3O4S. The van der Waals surface area contributed by atoms with E-state index in [0.717, 1.165) is 11.3 Å². The second-order valence-corrected chi connectivity index (χ2v) is 8.27. The molecule has 0 spiro atoms. The molecule has 1 aromatic carbocycles. The van der Waals surface area contributed by atoms with Gasteiger partial charge in [0, 0.05) is 28.4 Å². The Balaban J connectivity index is 2.01. The number of thiophene rings is 1. The number of benzene rings is 1. The standard InChI is InChI=1S/C24H21N3O4S/c1-3-17-13-18-23(32-17)26-22(16-9-11-25-12-10-16)27(24(18)30)19(14-20(28)31-2)21(29)15-7-5-4-6-8-15/h4-13,19H,3,14H2,1-2H3. The van der Waals surface area contributed by atoms with Crippen molar-refractivity contribution in [2.24, 2.45) is 0 Å². The van der Waals surface area contributed by atoms with E-state index < -0.39 is 12.0 Å². The highest BCUT2D eigenvalue weighted by atomic mass is 32.1. The van der Waals surface area contributed by atoms with Crippen LogP contribution in [0.15, 0.2) is 65.7 Å². The first-order valence-corrected chi connectivity index (χ1v) is 11.0. The topological polar surface area (TPSA) is 91.2 Å². The summed E-state index contributed by atoms with van der Waals surface area (Å²) in [6.07, 6.45) is 3.66. The molecule has 0 saturated heterocycles. The van der Waals surface area contributed by atoms with Gasteiger partial charge in [0.1, 0.15) is 16.7 Å². The monoisotopic (exact) mass is 447 g/mol. The maximum absolute atomic E-state index is 13.7. The van der Waals surface area contributed by atoms with E-state index in [2.05, 4.69) is 4.98 Å². The number of carbonyl (C=O) groups is 2. The van der Waals surface area contributed by atoms with E-state index in [9.17, 15) is 14.4 Å². The van der Waals surface area contributed by atoms with Crippen molar-refractivity contribution in [1.82, 2.24) is 14.5 Å². The smallest absolute Gasteiger partial charge is 0.308 e. The predicted octanol–water partition coefficient (Wildman–Crippen LogP) is 4.07. The summed E-state index contributed by atoms with van der Waals surface area (Å²) in [5.41, 5.74) is 0.658. The first-order chi connectivity index (χ1) is 15.5. The number of methoxy groups -OCH3 is 1.